The van der Waals surface area contributed by atoms with Gasteiger partial charge in [-0.3, -0.25) is 0 Å². The topological polar surface area (TPSA) is 26.0 Å². The van der Waals surface area contributed by atoms with Crippen LogP contribution in [-0.2, 0) is 6.42 Å². The van der Waals surface area contributed by atoms with Crippen LogP contribution in [0.1, 0.15) is 48.6 Å². The molecule has 2 N–H and O–H groups in total. The van der Waals surface area contributed by atoms with E-state index < -0.39 is 0 Å². The summed E-state index contributed by atoms with van der Waals surface area (Å²) in [5, 5.41) is 0.940. The lowest BCUT2D eigenvalue weighted by Crippen LogP contribution is -1.89. The first-order valence-corrected chi connectivity index (χ1v) is 8.40. The van der Waals surface area contributed by atoms with Crippen LogP contribution in [0, 0.1) is 13.8 Å². The van der Waals surface area contributed by atoms with E-state index in [2.05, 4.69) is 45.0 Å². The number of hydrogen-bond donors (Lipinski definition) is 1. The summed E-state index contributed by atoms with van der Waals surface area (Å²) in [4.78, 5) is 1.32. The van der Waals surface area contributed by atoms with Crippen LogP contribution in [0.5, 0.6) is 0 Å². The molecular weight excluding hydrogens is 262 g/mol. The monoisotopic (exact) mass is 287 g/mol. The standard InChI is InChI=1S/C18H25NS/c1-4-5-6-7-8-15-9-11-16(12-10-15)17-13(2)14(3)20-18(17)19/h9-12H,4-8,19H2,1-3H3. The molecule has 0 saturated carbocycles. The molecule has 0 amide bonds. The number of anilines is 1. The van der Waals surface area contributed by atoms with E-state index in [1.54, 1.807) is 11.3 Å². The summed E-state index contributed by atoms with van der Waals surface area (Å²) in [6.07, 6.45) is 6.48. The van der Waals surface area contributed by atoms with E-state index in [1.165, 1.54) is 59.2 Å². The Morgan fingerprint density at radius 1 is 1.00 bits per heavy atom. The van der Waals surface area contributed by atoms with Crippen LogP contribution >= 0.6 is 11.3 Å². The molecule has 0 aliphatic heterocycles. The molecule has 0 saturated heterocycles. The lowest BCUT2D eigenvalue weighted by molar-refractivity contribution is 0.667. The Kier molecular flexibility index (Phi) is 5.24. The number of nitrogens with two attached hydrogens (primary N) is 1. The Morgan fingerprint density at radius 2 is 1.70 bits per heavy atom. The van der Waals surface area contributed by atoms with E-state index in [4.69, 9.17) is 5.73 Å². The van der Waals surface area contributed by atoms with Crippen molar-refractivity contribution < 1.29 is 0 Å². The van der Waals surface area contributed by atoms with Gasteiger partial charge < -0.3 is 5.73 Å². The highest BCUT2D eigenvalue weighted by Gasteiger charge is 2.11. The molecule has 0 radical (unpaired) electrons. The van der Waals surface area contributed by atoms with Crippen LogP contribution in [-0.4, -0.2) is 0 Å². The molecule has 2 heteroatoms. The first kappa shape index (κ1) is 15.1. The molecule has 0 unspecified atom stereocenters. The van der Waals surface area contributed by atoms with Crippen molar-refractivity contribution in [3.63, 3.8) is 0 Å². The summed E-state index contributed by atoms with van der Waals surface area (Å²) in [6, 6.07) is 8.96. The van der Waals surface area contributed by atoms with Crippen molar-refractivity contribution in [2.75, 3.05) is 5.73 Å². The Labute approximate surface area is 126 Å². The average Bonchev–Trinajstić information content (AvgIpc) is 2.69. The fourth-order valence-electron chi connectivity index (χ4n) is 2.61. The zero-order valence-corrected chi connectivity index (χ0v) is 13.6. The second-order valence-corrected chi connectivity index (χ2v) is 6.79. The smallest absolute Gasteiger partial charge is 0.0941 e. The van der Waals surface area contributed by atoms with Crippen LogP contribution in [0.25, 0.3) is 11.1 Å². The summed E-state index contributed by atoms with van der Waals surface area (Å²) in [6.45, 7) is 6.56. The Morgan fingerprint density at radius 3 is 2.25 bits per heavy atom. The highest BCUT2D eigenvalue weighted by atomic mass is 32.1. The van der Waals surface area contributed by atoms with Gasteiger partial charge in [0.25, 0.3) is 0 Å². The second-order valence-electron chi connectivity index (χ2n) is 5.53. The molecule has 0 bridgehead atoms. The van der Waals surface area contributed by atoms with Gasteiger partial charge in [0.2, 0.25) is 0 Å². The molecule has 0 atom stereocenters. The predicted octanol–water partition coefficient (Wildman–Crippen LogP) is 5.74. The van der Waals surface area contributed by atoms with Crippen molar-refractivity contribution in [2.24, 2.45) is 0 Å². The minimum absolute atomic E-state index is 0.940. The molecule has 108 valence electrons. The molecule has 1 nitrogen and oxygen atoms in total. The highest BCUT2D eigenvalue weighted by Crippen LogP contribution is 2.38. The fraction of sp³-hybridized carbons (Fsp3) is 0.444. The Bertz CT molecular complexity index is 552. The third kappa shape index (κ3) is 3.43. The van der Waals surface area contributed by atoms with Crippen molar-refractivity contribution in [2.45, 2.75) is 52.9 Å². The maximum absolute atomic E-state index is 6.14. The van der Waals surface area contributed by atoms with Crippen LogP contribution in [0.3, 0.4) is 0 Å². The van der Waals surface area contributed by atoms with Gasteiger partial charge in [0, 0.05) is 10.4 Å². The van der Waals surface area contributed by atoms with Gasteiger partial charge in [-0.2, -0.15) is 0 Å². The van der Waals surface area contributed by atoms with Gasteiger partial charge in [0.1, 0.15) is 0 Å². The van der Waals surface area contributed by atoms with Crippen LogP contribution < -0.4 is 5.73 Å². The quantitative estimate of drug-likeness (QED) is 0.674. The molecule has 0 fully saturated rings. The van der Waals surface area contributed by atoms with E-state index >= 15 is 0 Å². The highest BCUT2D eigenvalue weighted by molar-refractivity contribution is 7.16. The second kappa shape index (κ2) is 6.94. The molecule has 1 aromatic heterocycles. The maximum Gasteiger partial charge on any atom is 0.0941 e. The summed E-state index contributed by atoms with van der Waals surface area (Å²) in [7, 11) is 0. The van der Waals surface area contributed by atoms with E-state index in [0.717, 1.165) is 5.00 Å². The van der Waals surface area contributed by atoms with Crippen LogP contribution in [0.4, 0.5) is 5.00 Å². The van der Waals surface area contributed by atoms with Crippen molar-refractivity contribution in [1.29, 1.82) is 0 Å². The van der Waals surface area contributed by atoms with E-state index in [1.807, 2.05) is 0 Å². The third-order valence-electron chi connectivity index (χ3n) is 3.97. The van der Waals surface area contributed by atoms with Crippen molar-refractivity contribution in [1.82, 2.24) is 0 Å². The van der Waals surface area contributed by atoms with Crippen LogP contribution in [0.2, 0.25) is 0 Å². The lowest BCUT2D eigenvalue weighted by Gasteiger charge is -2.06. The maximum atomic E-state index is 6.14. The number of aryl methyl sites for hydroxylation is 2. The number of hydrogen-bond acceptors (Lipinski definition) is 2. The molecule has 2 aromatic rings. The molecule has 2 rings (SSSR count). The number of thiophene rings is 1. The van der Waals surface area contributed by atoms with E-state index in [0.29, 0.717) is 0 Å². The Hall–Kier alpha value is -1.28. The van der Waals surface area contributed by atoms with Gasteiger partial charge in [0.05, 0.1) is 5.00 Å². The number of nitrogen functional groups attached to an aromatic ring is 1. The first-order chi connectivity index (χ1) is 9.63. The average molecular weight is 287 g/mol. The van der Waals surface area contributed by atoms with E-state index in [9.17, 15) is 0 Å². The summed E-state index contributed by atoms with van der Waals surface area (Å²) >= 11 is 1.69. The SMILES string of the molecule is CCCCCCc1ccc(-c2c(N)sc(C)c2C)cc1. The fourth-order valence-corrected chi connectivity index (χ4v) is 3.56. The predicted molar refractivity (Wildman–Crippen MR) is 91.5 cm³/mol. The van der Waals surface area contributed by atoms with Gasteiger partial charge in [0.15, 0.2) is 0 Å². The van der Waals surface area contributed by atoms with Crippen LogP contribution in [0.15, 0.2) is 24.3 Å². The molecule has 1 heterocycles. The van der Waals surface area contributed by atoms with Gasteiger partial charge >= 0.3 is 0 Å². The molecular formula is C18H25NS. The lowest BCUT2D eigenvalue weighted by atomic mass is 9.99. The number of unbranched alkanes of at least 4 members (excludes halogenated alkanes) is 3. The minimum Gasteiger partial charge on any atom is -0.390 e. The molecule has 0 aliphatic rings. The zero-order chi connectivity index (χ0) is 14.5. The number of benzene rings is 1. The zero-order valence-electron chi connectivity index (χ0n) is 12.8. The van der Waals surface area contributed by atoms with Gasteiger partial charge in [-0.05, 0) is 43.4 Å². The van der Waals surface area contributed by atoms with Crippen molar-refractivity contribution >= 4 is 16.3 Å². The number of rotatable bonds is 6. The summed E-state index contributed by atoms with van der Waals surface area (Å²) in [5.41, 5.74) is 11.4. The largest absolute Gasteiger partial charge is 0.390 e. The summed E-state index contributed by atoms with van der Waals surface area (Å²) < 4.78 is 0. The minimum atomic E-state index is 0.940. The molecule has 0 aliphatic carbocycles. The molecule has 1 aromatic carbocycles. The first-order valence-electron chi connectivity index (χ1n) is 7.58. The normalized spacial score (nSPS) is 10.9. The molecule has 20 heavy (non-hydrogen) atoms. The van der Waals surface area contributed by atoms with Gasteiger partial charge in [-0.15, -0.1) is 11.3 Å². The van der Waals surface area contributed by atoms with Gasteiger partial charge in [-0.1, -0.05) is 50.5 Å². The molecule has 0 spiro atoms. The van der Waals surface area contributed by atoms with Gasteiger partial charge in [-0.25, -0.2) is 0 Å². The van der Waals surface area contributed by atoms with E-state index in [-0.39, 0.29) is 0 Å². The third-order valence-corrected chi connectivity index (χ3v) is 5.01. The Balaban J connectivity index is 2.08. The summed E-state index contributed by atoms with van der Waals surface area (Å²) in [5.74, 6) is 0. The van der Waals surface area contributed by atoms with Crippen molar-refractivity contribution in [3.8, 4) is 11.1 Å². The van der Waals surface area contributed by atoms with Crippen molar-refractivity contribution in [3.05, 3.63) is 40.3 Å².